The zero-order valence-electron chi connectivity index (χ0n) is 15.3. The first-order valence-electron chi connectivity index (χ1n) is 8.97. The highest BCUT2D eigenvalue weighted by Crippen LogP contribution is 2.34. The van der Waals surface area contributed by atoms with E-state index >= 15 is 0 Å². The molecule has 0 spiro atoms. The molecule has 0 atom stereocenters. The lowest BCUT2D eigenvalue weighted by atomic mass is 10.00. The second kappa shape index (κ2) is 6.86. The van der Waals surface area contributed by atoms with Crippen LogP contribution in [0.2, 0.25) is 0 Å². The van der Waals surface area contributed by atoms with Crippen molar-refractivity contribution < 1.29 is 4.79 Å². The van der Waals surface area contributed by atoms with Crippen molar-refractivity contribution in [2.24, 2.45) is 5.73 Å². The van der Waals surface area contributed by atoms with E-state index < -0.39 is 5.91 Å². The van der Waals surface area contributed by atoms with Crippen LogP contribution in [0.15, 0.2) is 59.1 Å². The highest BCUT2D eigenvalue weighted by molar-refractivity contribution is 9.10. The number of hydrogen-bond donors (Lipinski definition) is 1. The Balaban J connectivity index is 2.07. The van der Waals surface area contributed by atoms with Crippen LogP contribution < -0.4 is 5.73 Å². The van der Waals surface area contributed by atoms with E-state index in [0.29, 0.717) is 18.0 Å². The number of halogens is 1. The van der Waals surface area contributed by atoms with Crippen LogP contribution in [-0.2, 0) is 6.54 Å². The van der Waals surface area contributed by atoms with Crippen molar-refractivity contribution in [2.45, 2.75) is 26.3 Å². The number of nitrogens with two attached hydrogens (primary N) is 1. The molecule has 0 aliphatic heterocycles. The summed E-state index contributed by atoms with van der Waals surface area (Å²) >= 11 is 3.65. The minimum Gasteiger partial charge on any atom is -0.366 e. The number of carbonyl (C=O) groups is 1. The molecule has 4 rings (SSSR count). The third-order valence-corrected chi connectivity index (χ3v) is 5.81. The van der Waals surface area contributed by atoms with Crippen molar-refractivity contribution in [3.63, 3.8) is 0 Å². The van der Waals surface area contributed by atoms with Gasteiger partial charge in [0, 0.05) is 27.4 Å². The molecule has 0 unspecified atom stereocenters. The standard InChI is InChI=1S/C23H20BrN2O/c1-14(2)15-10-11-17-21(12-15)26(13-16-6-3-4-8-19(16)24)20-9-5-7-18(22(17)20)23(25)27/h3-10,12,14H,13H2,1-2H3,(H2,25,27). The van der Waals surface area contributed by atoms with Gasteiger partial charge in [0.15, 0.2) is 0 Å². The molecule has 0 bridgehead atoms. The molecule has 1 heterocycles. The van der Waals surface area contributed by atoms with Gasteiger partial charge in [0.1, 0.15) is 0 Å². The Bertz CT molecular complexity index is 1170. The van der Waals surface area contributed by atoms with E-state index in [0.717, 1.165) is 26.3 Å². The molecule has 0 aliphatic rings. The highest BCUT2D eigenvalue weighted by Gasteiger charge is 2.18. The van der Waals surface area contributed by atoms with Crippen LogP contribution in [0.4, 0.5) is 0 Å². The average Bonchev–Trinajstić information content (AvgIpc) is 2.96. The summed E-state index contributed by atoms with van der Waals surface area (Å²) < 4.78 is 3.31. The number of primary amides is 1. The molecule has 1 aromatic heterocycles. The molecule has 2 N–H and O–H groups in total. The number of hydrogen-bond acceptors (Lipinski definition) is 1. The van der Waals surface area contributed by atoms with Crippen LogP contribution in [0.5, 0.6) is 0 Å². The lowest BCUT2D eigenvalue weighted by molar-refractivity contribution is 0.100. The Morgan fingerprint density at radius 2 is 1.93 bits per heavy atom. The highest BCUT2D eigenvalue weighted by atomic mass is 79.9. The molecule has 4 heteroatoms. The predicted molar refractivity (Wildman–Crippen MR) is 114 cm³/mol. The fraction of sp³-hybridized carbons (Fsp3) is 0.174. The van der Waals surface area contributed by atoms with Gasteiger partial charge in [-0.15, -0.1) is 0 Å². The third-order valence-electron chi connectivity index (χ3n) is 5.04. The number of carbonyl (C=O) groups excluding carboxylic acids is 1. The van der Waals surface area contributed by atoms with E-state index in [4.69, 9.17) is 5.73 Å². The average molecular weight is 420 g/mol. The van der Waals surface area contributed by atoms with Gasteiger partial charge in [-0.2, -0.15) is 0 Å². The van der Waals surface area contributed by atoms with E-state index in [1.165, 1.54) is 11.1 Å². The van der Waals surface area contributed by atoms with E-state index in [2.05, 4.69) is 52.5 Å². The van der Waals surface area contributed by atoms with Gasteiger partial charge in [-0.25, -0.2) is 0 Å². The van der Waals surface area contributed by atoms with Gasteiger partial charge in [-0.05, 0) is 47.4 Å². The lowest BCUT2D eigenvalue weighted by Gasteiger charge is -2.11. The Labute approximate surface area is 166 Å². The summed E-state index contributed by atoms with van der Waals surface area (Å²) in [6.45, 7) is 5.04. The zero-order chi connectivity index (χ0) is 19.1. The molecule has 0 saturated carbocycles. The van der Waals surface area contributed by atoms with Gasteiger partial charge in [0.2, 0.25) is 5.91 Å². The van der Waals surface area contributed by atoms with Crippen molar-refractivity contribution in [1.82, 2.24) is 4.57 Å². The summed E-state index contributed by atoms with van der Waals surface area (Å²) in [4.78, 5) is 12.0. The SMILES string of the molecule is CC(C)c1c[c]c2c3c(C(N)=O)cccc3n(Cc3ccccc3Br)c2c1. The van der Waals surface area contributed by atoms with Crippen molar-refractivity contribution in [3.8, 4) is 0 Å². The third kappa shape index (κ3) is 3.04. The van der Waals surface area contributed by atoms with E-state index in [1.54, 1.807) is 6.07 Å². The summed E-state index contributed by atoms with van der Waals surface area (Å²) in [5.74, 6) is -0.0157. The zero-order valence-corrected chi connectivity index (χ0v) is 16.9. The lowest BCUT2D eigenvalue weighted by Crippen LogP contribution is -2.11. The Morgan fingerprint density at radius 3 is 2.63 bits per heavy atom. The monoisotopic (exact) mass is 419 g/mol. The Morgan fingerprint density at radius 1 is 1.15 bits per heavy atom. The number of amides is 1. The Kier molecular flexibility index (Phi) is 4.52. The summed E-state index contributed by atoms with van der Waals surface area (Å²) in [5.41, 5.74) is 10.7. The fourth-order valence-electron chi connectivity index (χ4n) is 3.58. The van der Waals surface area contributed by atoms with Gasteiger partial charge in [-0.3, -0.25) is 4.79 Å². The normalized spacial score (nSPS) is 11.6. The van der Waals surface area contributed by atoms with Crippen LogP contribution in [-0.4, -0.2) is 10.5 Å². The molecule has 135 valence electrons. The van der Waals surface area contributed by atoms with Crippen LogP contribution in [0.25, 0.3) is 21.8 Å². The molecule has 27 heavy (non-hydrogen) atoms. The summed E-state index contributed by atoms with van der Waals surface area (Å²) in [5, 5.41) is 1.82. The van der Waals surface area contributed by atoms with Gasteiger partial charge < -0.3 is 10.3 Å². The first kappa shape index (κ1) is 17.8. The number of nitrogens with zero attached hydrogens (tertiary/aromatic N) is 1. The molecular weight excluding hydrogens is 400 g/mol. The molecule has 1 amide bonds. The minimum atomic E-state index is -0.415. The topological polar surface area (TPSA) is 48.0 Å². The summed E-state index contributed by atoms with van der Waals surface area (Å²) in [6.07, 6.45) is 0. The van der Waals surface area contributed by atoms with Gasteiger partial charge in [0.25, 0.3) is 0 Å². The molecule has 3 aromatic carbocycles. The first-order valence-corrected chi connectivity index (χ1v) is 9.76. The van der Waals surface area contributed by atoms with Crippen molar-refractivity contribution in [3.05, 3.63) is 81.8 Å². The van der Waals surface area contributed by atoms with Crippen LogP contribution in [0.1, 0.15) is 41.3 Å². The van der Waals surface area contributed by atoms with E-state index in [-0.39, 0.29) is 0 Å². The predicted octanol–water partition coefficient (Wildman–Crippen LogP) is 5.63. The molecule has 3 nitrogen and oxygen atoms in total. The maximum Gasteiger partial charge on any atom is 0.249 e. The largest absolute Gasteiger partial charge is 0.366 e. The number of rotatable bonds is 4. The van der Waals surface area contributed by atoms with Crippen LogP contribution in [0, 0.1) is 6.07 Å². The molecule has 0 saturated heterocycles. The Hall–Kier alpha value is -2.59. The van der Waals surface area contributed by atoms with Crippen molar-refractivity contribution >= 4 is 43.6 Å². The second-order valence-electron chi connectivity index (χ2n) is 7.09. The summed E-state index contributed by atoms with van der Waals surface area (Å²) in [6, 6.07) is 21.6. The second-order valence-corrected chi connectivity index (χ2v) is 7.94. The van der Waals surface area contributed by atoms with E-state index in [1.807, 2.05) is 36.4 Å². The van der Waals surface area contributed by atoms with Crippen molar-refractivity contribution in [2.75, 3.05) is 0 Å². The van der Waals surface area contributed by atoms with Crippen LogP contribution >= 0.6 is 15.9 Å². The maximum atomic E-state index is 12.0. The molecule has 1 radical (unpaired) electrons. The quantitative estimate of drug-likeness (QED) is 0.457. The van der Waals surface area contributed by atoms with Gasteiger partial charge in [-0.1, -0.05) is 60.1 Å². The van der Waals surface area contributed by atoms with Crippen LogP contribution in [0.3, 0.4) is 0 Å². The maximum absolute atomic E-state index is 12.0. The summed E-state index contributed by atoms with van der Waals surface area (Å²) in [7, 11) is 0. The van der Waals surface area contributed by atoms with Gasteiger partial charge >= 0.3 is 0 Å². The number of benzene rings is 3. The molecule has 0 aliphatic carbocycles. The molecular formula is C23H20BrN2O. The molecule has 0 fully saturated rings. The number of aromatic nitrogens is 1. The number of fused-ring (bicyclic) bond motifs is 3. The van der Waals surface area contributed by atoms with Gasteiger partial charge in [0.05, 0.1) is 11.0 Å². The fourth-order valence-corrected chi connectivity index (χ4v) is 3.99. The molecule has 4 aromatic rings. The first-order chi connectivity index (χ1) is 13.0. The van der Waals surface area contributed by atoms with Crippen molar-refractivity contribution in [1.29, 1.82) is 0 Å². The smallest absolute Gasteiger partial charge is 0.249 e. The minimum absolute atomic E-state index is 0.399. The van der Waals surface area contributed by atoms with E-state index in [9.17, 15) is 4.79 Å².